The second kappa shape index (κ2) is 7.57. The Hall–Kier alpha value is -1.39. The van der Waals surface area contributed by atoms with Gasteiger partial charge in [-0.05, 0) is 30.9 Å². The Balaban J connectivity index is 1.86. The average Bonchev–Trinajstić information content (AvgIpc) is 2.51. The van der Waals surface area contributed by atoms with E-state index in [-0.39, 0.29) is 11.9 Å². The van der Waals surface area contributed by atoms with Gasteiger partial charge >= 0.3 is 0 Å². The molecule has 0 saturated carbocycles. The third kappa shape index (κ3) is 4.29. The predicted molar refractivity (Wildman–Crippen MR) is 83.9 cm³/mol. The maximum Gasteiger partial charge on any atom is 0.237 e. The molecule has 1 aliphatic rings. The Kier molecular flexibility index (Phi) is 5.76. The van der Waals surface area contributed by atoms with Crippen LogP contribution in [-0.2, 0) is 17.8 Å². The summed E-state index contributed by atoms with van der Waals surface area (Å²) < 4.78 is 0. The summed E-state index contributed by atoms with van der Waals surface area (Å²) in [6, 6.07) is 8.26. The van der Waals surface area contributed by atoms with Crippen LogP contribution in [0.5, 0.6) is 0 Å². The van der Waals surface area contributed by atoms with Gasteiger partial charge in [0, 0.05) is 19.6 Å². The number of rotatable bonds is 6. The molecular formula is C17H26N2O2. The zero-order valence-corrected chi connectivity index (χ0v) is 13.0. The topological polar surface area (TPSA) is 52.6 Å². The van der Waals surface area contributed by atoms with Crippen LogP contribution in [-0.4, -0.2) is 41.1 Å². The fraction of sp³-hybridized carbons (Fsp3) is 0.588. The first kappa shape index (κ1) is 16.0. The molecule has 4 heteroatoms. The summed E-state index contributed by atoms with van der Waals surface area (Å²) in [7, 11) is 0. The van der Waals surface area contributed by atoms with Gasteiger partial charge in [0.2, 0.25) is 5.91 Å². The van der Waals surface area contributed by atoms with Crippen molar-refractivity contribution < 1.29 is 9.90 Å². The molecule has 0 radical (unpaired) electrons. The minimum Gasteiger partial charge on any atom is -0.391 e. The van der Waals surface area contributed by atoms with Crippen molar-refractivity contribution in [2.45, 2.75) is 51.8 Å². The fourth-order valence-corrected chi connectivity index (χ4v) is 2.82. The molecule has 2 rings (SSSR count). The normalized spacial score (nSPS) is 17.9. The van der Waals surface area contributed by atoms with Gasteiger partial charge in [0.25, 0.3) is 0 Å². The van der Waals surface area contributed by atoms with E-state index < -0.39 is 6.10 Å². The van der Waals surface area contributed by atoms with Gasteiger partial charge in [-0.1, -0.05) is 37.6 Å². The van der Waals surface area contributed by atoms with Crippen molar-refractivity contribution in [1.29, 1.82) is 0 Å². The van der Waals surface area contributed by atoms with Gasteiger partial charge in [0.1, 0.15) is 0 Å². The number of nitrogens with one attached hydrogen (secondary N) is 1. The standard InChI is InChI=1S/C17H26N2O2/c1-3-6-16(20)11-18-17(21)13(2)19-10-9-14-7-4-5-8-15(14)12-19/h4-5,7-8,13,16,20H,3,6,9-12H2,1-2H3,(H,18,21). The number of aliphatic hydroxyl groups is 1. The van der Waals surface area contributed by atoms with Crippen LogP contribution in [0.4, 0.5) is 0 Å². The lowest BCUT2D eigenvalue weighted by Crippen LogP contribution is -2.48. The molecule has 1 heterocycles. The van der Waals surface area contributed by atoms with Crippen LogP contribution in [0.2, 0.25) is 0 Å². The molecule has 1 amide bonds. The largest absolute Gasteiger partial charge is 0.391 e. The number of carbonyl (C=O) groups is 1. The number of hydrogen-bond donors (Lipinski definition) is 2. The summed E-state index contributed by atoms with van der Waals surface area (Å²) >= 11 is 0. The number of amides is 1. The molecular weight excluding hydrogens is 264 g/mol. The fourth-order valence-electron chi connectivity index (χ4n) is 2.82. The number of nitrogens with zero attached hydrogens (tertiary/aromatic N) is 1. The van der Waals surface area contributed by atoms with Crippen molar-refractivity contribution in [3.8, 4) is 0 Å². The highest BCUT2D eigenvalue weighted by atomic mass is 16.3. The predicted octanol–water partition coefficient (Wildman–Crippen LogP) is 1.71. The van der Waals surface area contributed by atoms with Gasteiger partial charge in [0.05, 0.1) is 12.1 Å². The molecule has 0 fully saturated rings. The van der Waals surface area contributed by atoms with Crippen LogP contribution in [0.15, 0.2) is 24.3 Å². The molecule has 2 unspecified atom stereocenters. The highest BCUT2D eigenvalue weighted by Crippen LogP contribution is 2.20. The molecule has 1 aromatic rings. The van der Waals surface area contributed by atoms with Gasteiger partial charge in [-0.15, -0.1) is 0 Å². The lowest BCUT2D eigenvalue weighted by Gasteiger charge is -2.33. The molecule has 21 heavy (non-hydrogen) atoms. The molecule has 4 nitrogen and oxygen atoms in total. The van der Waals surface area contributed by atoms with Gasteiger partial charge in [-0.25, -0.2) is 0 Å². The van der Waals surface area contributed by atoms with Gasteiger partial charge in [0.15, 0.2) is 0 Å². The Morgan fingerprint density at radius 1 is 1.38 bits per heavy atom. The van der Waals surface area contributed by atoms with Gasteiger partial charge in [-0.2, -0.15) is 0 Å². The van der Waals surface area contributed by atoms with Crippen molar-refractivity contribution >= 4 is 5.91 Å². The van der Waals surface area contributed by atoms with Crippen LogP contribution < -0.4 is 5.32 Å². The summed E-state index contributed by atoms with van der Waals surface area (Å²) in [5.41, 5.74) is 2.70. The molecule has 0 aliphatic carbocycles. The zero-order chi connectivity index (χ0) is 15.2. The highest BCUT2D eigenvalue weighted by molar-refractivity contribution is 5.81. The first-order valence-corrected chi connectivity index (χ1v) is 7.88. The molecule has 1 aliphatic heterocycles. The molecule has 0 saturated heterocycles. The SMILES string of the molecule is CCCC(O)CNC(=O)C(C)N1CCc2ccccc2C1. The van der Waals surface area contributed by atoms with E-state index in [4.69, 9.17) is 0 Å². The molecule has 2 atom stereocenters. The Morgan fingerprint density at radius 3 is 2.81 bits per heavy atom. The molecule has 1 aromatic carbocycles. The molecule has 2 N–H and O–H groups in total. The Labute approximate surface area is 127 Å². The number of fused-ring (bicyclic) bond motifs is 1. The van der Waals surface area contributed by atoms with E-state index in [0.717, 1.165) is 32.4 Å². The molecule has 0 spiro atoms. The molecule has 116 valence electrons. The maximum absolute atomic E-state index is 12.2. The van der Waals surface area contributed by atoms with E-state index in [9.17, 15) is 9.90 Å². The van der Waals surface area contributed by atoms with Crippen molar-refractivity contribution in [2.24, 2.45) is 0 Å². The Morgan fingerprint density at radius 2 is 2.10 bits per heavy atom. The van der Waals surface area contributed by atoms with Gasteiger partial charge in [-0.3, -0.25) is 9.69 Å². The number of carbonyl (C=O) groups excluding carboxylic acids is 1. The van der Waals surface area contributed by atoms with E-state index in [1.54, 1.807) is 0 Å². The minimum absolute atomic E-state index is 0.00420. The van der Waals surface area contributed by atoms with Gasteiger partial charge < -0.3 is 10.4 Å². The second-order valence-electron chi connectivity index (χ2n) is 5.85. The first-order chi connectivity index (χ1) is 10.1. The number of benzene rings is 1. The maximum atomic E-state index is 12.2. The minimum atomic E-state index is -0.437. The van der Waals surface area contributed by atoms with Crippen LogP contribution in [0, 0.1) is 0 Å². The van der Waals surface area contributed by atoms with Crippen LogP contribution in [0.3, 0.4) is 0 Å². The molecule has 0 bridgehead atoms. The van der Waals surface area contributed by atoms with Crippen molar-refractivity contribution in [1.82, 2.24) is 10.2 Å². The number of aliphatic hydroxyl groups excluding tert-OH is 1. The van der Waals surface area contributed by atoms with Crippen LogP contribution in [0.1, 0.15) is 37.8 Å². The first-order valence-electron chi connectivity index (χ1n) is 7.88. The summed E-state index contributed by atoms with van der Waals surface area (Å²) in [5.74, 6) is 0.00420. The Bertz CT molecular complexity index is 476. The number of hydrogen-bond acceptors (Lipinski definition) is 3. The lowest BCUT2D eigenvalue weighted by molar-refractivity contribution is -0.126. The smallest absolute Gasteiger partial charge is 0.237 e. The molecule has 0 aromatic heterocycles. The van der Waals surface area contributed by atoms with Crippen LogP contribution >= 0.6 is 0 Å². The van der Waals surface area contributed by atoms with Crippen molar-refractivity contribution in [3.63, 3.8) is 0 Å². The monoisotopic (exact) mass is 290 g/mol. The van der Waals surface area contributed by atoms with E-state index in [2.05, 4.69) is 28.4 Å². The van der Waals surface area contributed by atoms with E-state index in [0.29, 0.717) is 6.54 Å². The van der Waals surface area contributed by atoms with E-state index in [1.807, 2.05) is 19.9 Å². The van der Waals surface area contributed by atoms with E-state index in [1.165, 1.54) is 11.1 Å². The summed E-state index contributed by atoms with van der Waals surface area (Å²) in [6.45, 7) is 6.04. The third-order valence-corrected chi connectivity index (χ3v) is 4.22. The van der Waals surface area contributed by atoms with E-state index >= 15 is 0 Å². The third-order valence-electron chi connectivity index (χ3n) is 4.22. The zero-order valence-electron chi connectivity index (χ0n) is 13.0. The van der Waals surface area contributed by atoms with Crippen molar-refractivity contribution in [3.05, 3.63) is 35.4 Å². The summed E-state index contributed by atoms with van der Waals surface area (Å²) in [4.78, 5) is 14.4. The highest BCUT2D eigenvalue weighted by Gasteiger charge is 2.25. The van der Waals surface area contributed by atoms with Crippen molar-refractivity contribution in [2.75, 3.05) is 13.1 Å². The quantitative estimate of drug-likeness (QED) is 0.838. The average molecular weight is 290 g/mol. The summed E-state index contributed by atoms with van der Waals surface area (Å²) in [5, 5.41) is 12.5. The second-order valence-corrected chi connectivity index (χ2v) is 5.85. The summed E-state index contributed by atoms with van der Waals surface area (Å²) in [6.07, 6.45) is 2.21. The lowest BCUT2D eigenvalue weighted by atomic mass is 9.99. The van der Waals surface area contributed by atoms with Crippen LogP contribution in [0.25, 0.3) is 0 Å².